The molecule has 0 spiro atoms. The summed E-state index contributed by atoms with van der Waals surface area (Å²) in [5, 5.41) is 3.58. The first-order chi connectivity index (χ1) is 14.8. The molecule has 0 atom stereocenters. The van der Waals surface area contributed by atoms with Crippen LogP contribution in [0.4, 0.5) is 5.69 Å². The number of carbonyl (C=O) groups is 2. The van der Waals surface area contributed by atoms with Crippen molar-refractivity contribution in [2.24, 2.45) is 0 Å². The van der Waals surface area contributed by atoms with Gasteiger partial charge in [-0.3, -0.25) is 14.6 Å². The Bertz CT molecular complexity index is 1060. The SMILES string of the molecule is CC(C)c1cccc(C(C)C)c1NC(=O)COC(=O)CSc1cnc2ccccc2n1. The normalized spacial score (nSPS) is 11.2. The minimum atomic E-state index is -0.476. The number of rotatable bonds is 8. The molecule has 0 aliphatic heterocycles. The molecule has 0 unspecified atom stereocenters. The maximum absolute atomic E-state index is 12.5. The number of benzene rings is 2. The van der Waals surface area contributed by atoms with E-state index < -0.39 is 5.97 Å². The fourth-order valence-electron chi connectivity index (χ4n) is 3.20. The lowest BCUT2D eigenvalue weighted by Crippen LogP contribution is -2.23. The fraction of sp³-hybridized carbons (Fsp3) is 0.333. The van der Waals surface area contributed by atoms with Crippen molar-refractivity contribution in [2.75, 3.05) is 17.7 Å². The second kappa shape index (κ2) is 10.4. The molecule has 0 aliphatic rings. The number of aromatic nitrogens is 2. The van der Waals surface area contributed by atoms with Gasteiger partial charge >= 0.3 is 5.97 Å². The molecule has 0 saturated heterocycles. The van der Waals surface area contributed by atoms with Gasteiger partial charge in [0.15, 0.2) is 6.61 Å². The lowest BCUT2D eigenvalue weighted by atomic mass is 9.92. The molecule has 0 fully saturated rings. The summed E-state index contributed by atoms with van der Waals surface area (Å²) in [6.45, 7) is 8.01. The summed E-state index contributed by atoms with van der Waals surface area (Å²) in [4.78, 5) is 33.4. The highest BCUT2D eigenvalue weighted by Gasteiger charge is 2.17. The van der Waals surface area contributed by atoms with Gasteiger partial charge in [-0.15, -0.1) is 0 Å². The van der Waals surface area contributed by atoms with Crippen LogP contribution in [-0.4, -0.2) is 34.2 Å². The summed E-state index contributed by atoms with van der Waals surface area (Å²) in [5.41, 5.74) is 4.51. The first-order valence-electron chi connectivity index (χ1n) is 10.3. The van der Waals surface area contributed by atoms with E-state index in [1.807, 2.05) is 42.5 Å². The summed E-state index contributed by atoms with van der Waals surface area (Å²) in [7, 11) is 0. The van der Waals surface area contributed by atoms with Crippen molar-refractivity contribution in [1.29, 1.82) is 0 Å². The molecule has 6 nitrogen and oxygen atoms in total. The second-order valence-corrected chi connectivity index (χ2v) is 8.81. The molecule has 3 rings (SSSR count). The van der Waals surface area contributed by atoms with Crippen LogP contribution in [0, 0.1) is 0 Å². The van der Waals surface area contributed by atoms with Crippen LogP contribution in [-0.2, 0) is 14.3 Å². The number of nitrogens with one attached hydrogen (secondary N) is 1. The summed E-state index contributed by atoms with van der Waals surface area (Å²) < 4.78 is 5.17. The number of thioether (sulfide) groups is 1. The van der Waals surface area contributed by atoms with Crippen LogP contribution in [0.2, 0.25) is 0 Å². The maximum atomic E-state index is 12.5. The predicted molar refractivity (Wildman–Crippen MR) is 124 cm³/mol. The Morgan fingerprint density at radius 1 is 0.968 bits per heavy atom. The smallest absolute Gasteiger partial charge is 0.316 e. The van der Waals surface area contributed by atoms with Crippen LogP contribution in [0.1, 0.15) is 50.7 Å². The van der Waals surface area contributed by atoms with E-state index in [9.17, 15) is 9.59 Å². The number of para-hydroxylation sites is 3. The molecule has 0 aliphatic carbocycles. The zero-order chi connectivity index (χ0) is 22.4. The van der Waals surface area contributed by atoms with E-state index in [2.05, 4.69) is 43.0 Å². The molecule has 0 bridgehead atoms. The van der Waals surface area contributed by atoms with Gasteiger partial charge in [-0.25, -0.2) is 4.98 Å². The zero-order valence-corrected chi connectivity index (χ0v) is 19.0. The standard InChI is InChI=1S/C24H27N3O3S/c1-15(2)17-8-7-9-18(16(3)4)24(17)27-21(28)13-30-23(29)14-31-22-12-25-19-10-5-6-11-20(19)26-22/h5-12,15-16H,13-14H2,1-4H3,(H,27,28). The van der Waals surface area contributed by atoms with E-state index >= 15 is 0 Å². The van der Waals surface area contributed by atoms with E-state index in [1.165, 1.54) is 11.8 Å². The van der Waals surface area contributed by atoms with E-state index in [4.69, 9.17) is 4.74 Å². The third kappa shape index (κ3) is 6.04. The van der Waals surface area contributed by atoms with Crippen molar-refractivity contribution in [3.8, 4) is 0 Å². The van der Waals surface area contributed by atoms with Crippen molar-refractivity contribution >= 4 is 40.4 Å². The molecule has 1 amide bonds. The van der Waals surface area contributed by atoms with Crippen molar-refractivity contribution in [3.63, 3.8) is 0 Å². The van der Waals surface area contributed by atoms with E-state index in [0.29, 0.717) is 5.03 Å². The molecule has 7 heteroatoms. The molecular weight excluding hydrogens is 410 g/mol. The van der Waals surface area contributed by atoms with Gasteiger partial charge < -0.3 is 10.1 Å². The number of nitrogens with zero attached hydrogens (tertiary/aromatic N) is 2. The van der Waals surface area contributed by atoms with Gasteiger partial charge in [0.1, 0.15) is 5.03 Å². The summed E-state index contributed by atoms with van der Waals surface area (Å²) in [5.74, 6) is -0.248. The van der Waals surface area contributed by atoms with Gasteiger partial charge in [0.05, 0.1) is 23.0 Å². The molecule has 2 aromatic carbocycles. The first kappa shape index (κ1) is 22.7. The number of hydrogen-bond acceptors (Lipinski definition) is 6. The lowest BCUT2D eigenvalue weighted by molar-refractivity contribution is -0.144. The van der Waals surface area contributed by atoms with Gasteiger partial charge in [0.25, 0.3) is 5.91 Å². The van der Waals surface area contributed by atoms with Gasteiger partial charge in [-0.2, -0.15) is 0 Å². The van der Waals surface area contributed by atoms with Crippen LogP contribution in [0.15, 0.2) is 53.7 Å². The Labute approximate surface area is 186 Å². The number of hydrogen-bond donors (Lipinski definition) is 1. The Morgan fingerprint density at radius 3 is 2.26 bits per heavy atom. The van der Waals surface area contributed by atoms with Crippen molar-refractivity contribution in [1.82, 2.24) is 9.97 Å². The van der Waals surface area contributed by atoms with E-state index in [-0.39, 0.29) is 30.1 Å². The maximum Gasteiger partial charge on any atom is 0.316 e. The largest absolute Gasteiger partial charge is 0.455 e. The minimum absolute atomic E-state index is 0.0557. The molecule has 3 aromatic rings. The molecule has 1 N–H and O–H groups in total. The van der Waals surface area contributed by atoms with Gasteiger partial charge in [0.2, 0.25) is 0 Å². The third-order valence-electron chi connectivity index (χ3n) is 4.77. The van der Waals surface area contributed by atoms with Crippen LogP contribution in [0.5, 0.6) is 0 Å². The zero-order valence-electron chi connectivity index (χ0n) is 18.2. The summed E-state index contributed by atoms with van der Waals surface area (Å²) in [6.07, 6.45) is 1.63. The molecule has 31 heavy (non-hydrogen) atoms. The predicted octanol–water partition coefficient (Wildman–Crippen LogP) is 5.15. The number of carbonyl (C=O) groups excluding carboxylic acids is 2. The van der Waals surface area contributed by atoms with Crippen LogP contribution in [0.3, 0.4) is 0 Å². The first-order valence-corrected chi connectivity index (χ1v) is 11.3. The van der Waals surface area contributed by atoms with Gasteiger partial charge in [-0.05, 0) is 35.1 Å². The molecule has 0 saturated carbocycles. The number of esters is 1. The van der Waals surface area contributed by atoms with Gasteiger partial charge in [0, 0.05) is 5.69 Å². The van der Waals surface area contributed by atoms with Gasteiger partial charge in [-0.1, -0.05) is 69.8 Å². The number of ether oxygens (including phenoxy) is 1. The van der Waals surface area contributed by atoms with Crippen LogP contribution >= 0.6 is 11.8 Å². The second-order valence-electron chi connectivity index (χ2n) is 7.82. The highest BCUT2D eigenvalue weighted by molar-refractivity contribution is 7.99. The Balaban J connectivity index is 1.55. The number of fused-ring (bicyclic) bond motifs is 1. The minimum Gasteiger partial charge on any atom is -0.455 e. The highest BCUT2D eigenvalue weighted by atomic mass is 32.2. The Morgan fingerprint density at radius 2 is 1.61 bits per heavy atom. The monoisotopic (exact) mass is 437 g/mol. The molecule has 162 valence electrons. The molecular formula is C24H27N3O3S. The lowest BCUT2D eigenvalue weighted by Gasteiger charge is -2.20. The van der Waals surface area contributed by atoms with Crippen molar-refractivity contribution in [3.05, 3.63) is 59.8 Å². The van der Waals surface area contributed by atoms with Crippen molar-refractivity contribution < 1.29 is 14.3 Å². The highest BCUT2D eigenvalue weighted by Crippen LogP contribution is 2.32. The van der Waals surface area contributed by atoms with Crippen LogP contribution in [0.25, 0.3) is 11.0 Å². The quantitative estimate of drug-likeness (QED) is 0.388. The average Bonchev–Trinajstić information content (AvgIpc) is 2.75. The van der Waals surface area contributed by atoms with E-state index in [1.54, 1.807) is 6.20 Å². The Hall–Kier alpha value is -2.93. The average molecular weight is 438 g/mol. The van der Waals surface area contributed by atoms with Crippen molar-refractivity contribution in [2.45, 2.75) is 44.6 Å². The van der Waals surface area contributed by atoms with E-state index in [0.717, 1.165) is 27.8 Å². The summed E-state index contributed by atoms with van der Waals surface area (Å²) >= 11 is 1.23. The molecule has 1 aromatic heterocycles. The molecule has 1 heterocycles. The summed E-state index contributed by atoms with van der Waals surface area (Å²) in [6, 6.07) is 13.6. The topological polar surface area (TPSA) is 81.2 Å². The third-order valence-corrected chi connectivity index (χ3v) is 5.64. The Kier molecular flexibility index (Phi) is 7.63. The number of amides is 1. The number of anilines is 1. The van der Waals surface area contributed by atoms with Crippen LogP contribution < -0.4 is 5.32 Å². The molecule has 0 radical (unpaired) electrons. The fourth-order valence-corrected chi connectivity index (χ4v) is 3.84.